The second kappa shape index (κ2) is 3.19. The van der Waals surface area contributed by atoms with E-state index < -0.39 is 5.82 Å². The van der Waals surface area contributed by atoms with Gasteiger partial charge in [-0.1, -0.05) is 18.7 Å². The molecule has 0 heterocycles. The first-order valence-corrected chi connectivity index (χ1v) is 3.51. The van der Waals surface area contributed by atoms with Gasteiger partial charge in [0, 0.05) is 5.56 Å². The highest BCUT2D eigenvalue weighted by Crippen LogP contribution is 2.18. The zero-order chi connectivity index (χ0) is 9.14. The molecule has 0 unspecified atom stereocenters. The Labute approximate surface area is 70.8 Å². The number of halogens is 1. The predicted molar refractivity (Wildman–Crippen MR) is 45.8 cm³/mol. The summed E-state index contributed by atoms with van der Waals surface area (Å²) >= 11 is 0. The largest absolute Gasteiger partial charge is 0.205 e. The number of hydrogen-bond donors (Lipinski definition) is 0. The van der Waals surface area contributed by atoms with E-state index >= 15 is 0 Å². The lowest BCUT2D eigenvalue weighted by atomic mass is 10.1. The average molecular weight is 161 g/mol. The number of nitrogens with zero attached hydrogens (tertiary/aromatic N) is 1. The van der Waals surface area contributed by atoms with Gasteiger partial charge >= 0.3 is 0 Å². The molecule has 0 fully saturated rings. The normalized spacial score (nSPS) is 9.08. The van der Waals surface area contributed by atoms with Crippen LogP contribution in [0.4, 0.5) is 4.39 Å². The van der Waals surface area contributed by atoms with E-state index in [4.69, 9.17) is 5.26 Å². The Bertz CT molecular complexity index is 361. The third-order valence-corrected chi connectivity index (χ3v) is 1.58. The first-order valence-electron chi connectivity index (χ1n) is 3.51. The van der Waals surface area contributed by atoms with Crippen molar-refractivity contribution in [1.29, 1.82) is 5.26 Å². The molecule has 1 rings (SSSR count). The van der Waals surface area contributed by atoms with Gasteiger partial charge in [-0.2, -0.15) is 5.26 Å². The fourth-order valence-corrected chi connectivity index (χ4v) is 0.948. The molecule has 2 heteroatoms. The molecule has 12 heavy (non-hydrogen) atoms. The topological polar surface area (TPSA) is 23.8 Å². The average Bonchev–Trinajstić information content (AvgIpc) is 2.04. The molecule has 0 bridgehead atoms. The zero-order valence-electron chi connectivity index (χ0n) is 6.76. The molecule has 0 N–H and O–H groups in total. The molecule has 0 amide bonds. The fraction of sp³-hybridized carbons (Fsp3) is 0.100. The van der Waals surface area contributed by atoms with Crippen LogP contribution in [0.1, 0.15) is 18.1 Å². The number of rotatable bonds is 1. The summed E-state index contributed by atoms with van der Waals surface area (Å²) in [6.45, 7) is 5.32. The van der Waals surface area contributed by atoms with Crippen LogP contribution in [-0.4, -0.2) is 0 Å². The van der Waals surface area contributed by atoms with Crippen molar-refractivity contribution in [1.82, 2.24) is 0 Å². The molecule has 1 aromatic carbocycles. The lowest BCUT2D eigenvalue weighted by Crippen LogP contribution is -1.89. The van der Waals surface area contributed by atoms with Crippen molar-refractivity contribution in [2.75, 3.05) is 0 Å². The third-order valence-electron chi connectivity index (χ3n) is 1.58. The predicted octanol–water partition coefficient (Wildman–Crippen LogP) is 2.73. The van der Waals surface area contributed by atoms with Crippen LogP contribution in [0.15, 0.2) is 24.8 Å². The number of benzene rings is 1. The smallest absolute Gasteiger partial charge is 0.148 e. The van der Waals surface area contributed by atoms with E-state index in [1.165, 1.54) is 6.07 Å². The summed E-state index contributed by atoms with van der Waals surface area (Å²) in [6, 6.07) is 6.47. The minimum absolute atomic E-state index is 0.0653. The Morgan fingerprint density at radius 1 is 1.58 bits per heavy atom. The molecule has 0 aliphatic heterocycles. The van der Waals surface area contributed by atoms with Gasteiger partial charge in [-0.25, -0.2) is 4.39 Å². The van der Waals surface area contributed by atoms with Crippen LogP contribution in [0.25, 0.3) is 5.57 Å². The molecule has 0 spiro atoms. The summed E-state index contributed by atoms with van der Waals surface area (Å²) in [5.41, 5.74) is 1.11. The fourth-order valence-electron chi connectivity index (χ4n) is 0.948. The Kier molecular flexibility index (Phi) is 2.25. The van der Waals surface area contributed by atoms with Crippen molar-refractivity contribution in [2.45, 2.75) is 6.92 Å². The van der Waals surface area contributed by atoms with Crippen LogP contribution in [0.3, 0.4) is 0 Å². The molecule has 0 saturated heterocycles. The second-order valence-corrected chi connectivity index (χ2v) is 2.56. The van der Waals surface area contributed by atoms with Crippen LogP contribution in [0, 0.1) is 17.1 Å². The van der Waals surface area contributed by atoms with Crippen LogP contribution < -0.4 is 0 Å². The Morgan fingerprint density at radius 3 is 2.75 bits per heavy atom. The van der Waals surface area contributed by atoms with Crippen molar-refractivity contribution in [3.8, 4) is 6.07 Å². The molecule has 0 aliphatic carbocycles. The maximum atomic E-state index is 13.2. The molecule has 0 atom stereocenters. The van der Waals surface area contributed by atoms with Gasteiger partial charge in [0.15, 0.2) is 0 Å². The highest BCUT2D eigenvalue weighted by molar-refractivity contribution is 5.63. The minimum Gasteiger partial charge on any atom is -0.205 e. The number of hydrogen-bond acceptors (Lipinski definition) is 1. The third kappa shape index (κ3) is 1.35. The summed E-state index contributed by atoms with van der Waals surface area (Å²) in [5.74, 6) is -0.479. The molecule has 1 aromatic rings. The molecule has 0 radical (unpaired) electrons. The van der Waals surface area contributed by atoms with Crippen LogP contribution in [-0.2, 0) is 0 Å². The van der Waals surface area contributed by atoms with E-state index in [-0.39, 0.29) is 5.56 Å². The summed E-state index contributed by atoms with van der Waals surface area (Å²) in [7, 11) is 0. The molecule has 0 aromatic heterocycles. The summed E-state index contributed by atoms with van der Waals surface area (Å²) < 4.78 is 13.2. The van der Waals surface area contributed by atoms with E-state index in [2.05, 4.69) is 6.58 Å². The van der Waals surface area contributed by atoms with E-state index in [1.807, 2.05) is 0 Å². The minimum atomic E-state index is -0.479. The van der Waals surface area contributed by atoms with Crippen molar-refractivity contribution >= 4 is 5.57 Å². The van der Waals surface area contributed by atoms with Crippen LogP contribution in [0.5, 0.6) is 0 Å². The van der Waals surface area contributed by atoms with E-state index in [0.29, 0.717) is 11.1 Å². The van der Waals surface area contributed by atoms with Gasteiger partial charge in [0.05, 0.1) is 5.56 Å². The quantitative estimate of drug-likeness (QED) is 0.621. The molecule has 60 valence electrons. The molecule has 1 nitrogen and oxygen atoms in total. The highest BCUT2D eigenvalue weighted by atomic mass is 19.1. The standard InChI is InChI=1S/C10H8FN/c1-7(2)9-5-3-4-8(6-12)10(9)11/h3-5H,1H2,2H3. The second-order valence-electron chi connectivity index (χ2n) is 2.56. The Hall–Kier alpha value is -1.62. The van der Waals surface area contributed by atoms with E-state index in [0.717, 1.165) is 0 Å². The van der Waals surface area contributed by atoms with Gasteiger partial charge < -0.3 is 0 Å². The monoisotopic (exact) mass is 161 g/mol. The summed E-state index contributed by atoms with van der Waals surface area (Å²) in [4.78, 5) is 0. The lowest BCUT2D eigenvalue weighted by molar-refractivity contribution is 0.620. The van der Waals surface area contributed by atoms with Crippen molar-refractivity contribution in [2.24, 2.45) is 0 Å². The van der Waals surface area contributed by atoms with Gasteiger partial charge in [0.2, 0.25) is 0 Å². The molecular weight excluding hydrogens is 153 g/mol. The first kappa shape index (κ1) is 8.48. The first-order chi connectivity index (χ1) is 5.66. The maximum Gasteiger partial charge on any atom is 0.148 e. The summed E-state index contributed by atoms with van der Waals surface area (Å²) in [6.07, 6.45) is 0. The molecule has 0 aliphatic rings. The van der Waals surface area contributed by atoms with Crippen molar-refractivity contribution in [3.05, 3.63) is 41.7 Å². The Balaban J connectivity index is 3.35. The van der Waals surface area contributed by atoms with Gasteiger partial charge in [-0.05, 0) is 18.6 Å². The highest BCUT2D eigenvalue weighted by Gasteiger charge is 2.06. The van der Waals surface area contributed by atoms with Crippen molar-refractivity contribution in [3.63, 3.8) is 0 Å². The number of allylic oxidation sites excluding steroid dienone is 1. The SMILES string of the molecule is C=C(C)c1cccc(C#N)c1F. The van der Waals surface area contributed by atoms with Gasteiger partial charge in [-0.15, -0.1) is 0 Å². The lowest BCUT2D eigenvalue weighted by Gasteiger charge is -2.01. The zero-order valence-corrected chi connectivity index (χ0v) is 6.76. The summed E-state index contributed by atoms with van der Waals surface area (Å²) in [5, 5.41) is 8.50. The molecular formula is C10H8FN. The molecule has 0 saturated carbocycles. The van der Waals surface area contributed by atoms with Crippen molar-refractivity contribution < 1.29 is 4.39 Å². The maximum absolute atomic E-state index is 13.2. The number of nitriles is 1. The van der Waals surface area contributed by atoms with E-state index in [1.54, 1.807) is 25.1 Å². The van der Waals surface area contributed by atoms with Crippen LogP contribution >= 0.6 is 0 Å². The van der Waals surface area contributed by atoms with Crippen LogP contribution in [0.2, 0.25) is 0 Å². The van der Waals surface area contributed by atoms with Gasteiger partial charge in [-0.3, -0.25) is 0 Å². The Morgan fingerprint density at radius 2 is 2.25 bits per heavy atom. The van der Waals surface area contributed by atoms with Gasteiger partial charge in [0.25, 0.3) is 0 Å². The van der Waals surface area contributed by atoms with Gasteiger partial charge in [0.1, 0.15) is 11.9 Å². The van der Waals surface area contributed by atoms with E-state index in [9.17, 15) is 4.39 Å².